The molecule has 0 spiro atoms. The molecule has 132 valence electrons. The van der Waals surface area contributed by atoms with Crippen LogP contribution >= 0.6 is 0 Å². The minimum absolute atomic E-state index is 0.0780. The number of amides is 2. The first-order valence-corrected chi connectivity index (χ1v) is 6.91. The molecule has 0 bridgehead atoms. The van der Waals surface area contributed by atoms with Crippen LogP contribution in [0.3, 0.4) is 0 Å². The minimum atomic E-state index is -0.775. The van der Waals surface area contributed by atoms with Gasteiger partial charge in [0, 0.05) is 7.05 Å². The highest BCUT2D eigenvalue weighted by Crippen LogP contribution is 2.39. The second-order valence-corrected chi connectivity index (χ2v) is 4.41. The van der Waals surface area contributed by atoms with E-state index in [2.05, 4.69) is 10.6 Å². The lowest BCUT2D eigenvalue weighted by Crippen LogP contribution is -2.37. The summed E-state index contributed by atoms with van der Waals surface area (Å²) >= 11 is 0. The highest BCUT2D eigenvalue weighted by Gasteiger charge is 2.22. The molecule has 2 N–H and O–H groups in total. The summed E-state index contributed by atoms with van der Waals surface area (Å²) in [7, 11) is 5.66. The number of carbonyl (C=O) groups excluding carboxylic acids is 3. The van der Waals surface area contributed by atoms with Crippen LogP contribution in [0.4, 0.5) is 0 Å². The molecule has 9 heteroatoms. The summed E-state index contributed by atoms with van der Waals surface area (Å²) in [6.07, 6.45) is 0. The normalized spacial score (nSPS) is 9.67. The SMILES string of the molecule is CNC(=O)CNC(=O)COC(=O)c1ccc(OC)c(OC)c1OC. The van der Waals surface area contributed by atoms with Crippen molar-refractivity contribution < 1.29 is 33.3 Å². The molecule has 24 heavy (non-hydrogen) atoms. The molecule has 0 saturated carbocycles. The van der Waals surface area contributed by atoms with Crippen LogP contribution in [0.25, 0.3) is 0 Å². The maximum Gasteiger partial charge on any atom is 0.342 e. The fraction of sp³-hybridized carbons (Fsp3) is 0.400. The van der Waals surface area contributed by atoms with Crippen LogP contribution in [0.5, 0.6) is 17.2 Å². The summed E-state index contributed by atoms with van der Waals surface area (Å²) < 4.78 is 20.4. The number of ether oxygens (including phenoxy) is 4. The number of rotatable bonds is 8. The Hall–Kier alpha value is -2.97. The minimum Gasteiger partial charge on any atom is -0.493 e. The zero-order valence-corrected chi connectivity index (χ0v) is 13.9. The van der Waals surface area contributed by atoms with Crippen LogP contribution in [0.15, 0.2) is 12.1 Å². The van der Waals surface area contributed by atoms with Gasteiger partial charge in [-0.25, -0.2) is 4.79 Å². The van der Waals surface area contributed by atoms with Crippen molar-refractivity contribution in [2.24, 2.45) is 0 Å². The number of likely N-dealkylation sites (N-methyl/N-ethyl adjacent to an activating group) is 1. The first-order valence-electron chi connectivity index (χ1n) is 6.91. The number of hydrogen-bond donors (Lipinski definition) is 2. The largest absolute Gasteiger partial charge is 0.493 e. The van der Waals surface area contributed by atoms with Crippen molar-refractivity contribution in [2.45, 2.75) is 0 Å². The van der Waals surface area contributed by atoms with Gasteiger partial charge < -0.3 is 29.6 Å². The number of methoxy groups -OCH3 is 3. The van der Waals surface area contributed by atoms with Crippen molar-refractivity contribution in [2.75, 3.05) is 41.5 Å². The zero-order chi connectivity index (χ0) is 18.1. The second-order valence-electron chi connectivity index (χ2n) is 4.41. The van der Waals surface area contributed by atoms with E-state index in [0.717, 1.165) is 0 Å². The van der Waals surface area contributed by atoms with Crippen LogP contribution < -0.4 is 24.8 Å². The molecule has 9 nitrogen and oxygen atoms in total. The number of nitrogens with one attached hydrogen (secondary N) is 2. The van der Waals surface area contributed by atoms with Gasteiger partial charge in [0.05, 0.1) is 27.9 Å². The fourth-order valence-electron chi connectivity index (χ4n) is 1.79. The summed E-state index contributed by atoms with van der Waals surface area (Å²) in [4.78, 5) is 34.7. The Morgan fingerprint density at radius 1 is 0.958 bits per heavy atom. The van der Waals surface area contributed by atoms with E-state index in [1.165, 1.54) is 40.5 Å². The van der Waals surface area contributed by atoms with Crippen molar-refractivity contribution in [3.05, 3.63) is 17.7 Å². The van der Waals surface area contributed by atoms with Gasteiger partial charge >= 0.3 is 5.97 Å². The Morgan fingerprint density at radius 2 is 1.62 bits per heavy atom. The van der Waals surface area contributed by atoms with Crippen LogP contribution in [0, 0.1) is 0 Å². The molecule has 2 amide bonds. The van der Waals surface area contributed by atoms with E-state index in [1.54, 1.807) is 0 Å². The van der Waals surface area contributed by atoms with Crippen molar-refractivity contribution >= 4 is 17.8 Å². The van der Waals surface area contributed by atoms with Crippen molar-refractivity contribution in [3.63, 3.8) is 0 Å². The third-order valence-corrected chi connectivity index (χ3v) is 2.98. The number of carbonyl (C=O) groups is 3. The highest BCUT2D eigenvalue weighted by molar-refractivity contribution is 5.95. The maximum atomic E-state index is 12.1. The van der Waals surface area contributed by atoms with Gasteiger partial charge in [-0.3, -0.25) is 9.59 Å². The maximum absolute atomic E-state index is 12.1. The van der Waals surface area contributed by atoms with Gasteiger partial charge in [-0.1, -0.05) is 0 Å². The third kappa shape index (κ3) is 4.77. The summed E-state index contributed by atoms with van der Waals surface area (Å²) in [5.74, 6) is -0.995. The monoisotopic (exact) mass is 340 g/mol. The molecule has 0 atom stereocenters. The van der Waals surface area contributed by atoms with E-state index in [4.69, 9.17) is 18.9 Å². The van der Waals surface area contributed by atoms with Gasteiger partial charge in [0.2, 0.25) is 11.7 Å². The van der Waals surface area contributed by atoms with Crippen LogP contribution in [0.1, 0.15) is 10.4 Å². The summed E-state index contributed by atoms with van der Waals surface area (Å²) in [5, 5.41) is 4.65. The topological polar surface area (TPSA) is 112 Å². The van der Waals surface area contributed by atoms with E-state index in [1.807, 2.05) is 0 Å². The summed E-state index contributed by atoms with van der Waals surface area (Å²) in [6.45, 7) is -0.736. The van der Waals surface area contributed by atoms with Gasteiger partial charge in [-0.2, -0.15) is 0 Å². The summed E-state index contributed by atoms with van der Waals surface area (Å²) in [5.41, 5.74) is 0.0780. The lowest BCUT2D eigenvalue weighted by molar-refractivity contribution is -0.127. The molecule has 0 radical (unpaired) electrons. The molecular formula is C15H20N2O7. The molecule has 0 heterocycles. The predicted molar refractivity (Wildman–Crippen MR) is 83.5 cm³/mol. The Kier molecular flexibility index (Phi) is 7.34. The first-order chi connectivity index (χ1) is 11.5. The van der Waals surface area contributed by atoms with E-state index in [0.29, 0.717) is 5.75 Å². The molecular weight excluding hydrogens is 320 g/mol. The van der Waals surface area contributed by atoms with Gasteiger partial charge in [-0.05, 0) is 12.1 Å². The molecule has 0 aromatic heterocycles. The smallest absolute Gasteiger partial charge is 0.342 e. The molecule has 0 unspecified atom stereocenters. The standard InChI is InChI=1S/C15H20N2O7/c1-16-11(18)7-17-12(19)8-24-15(20)9-5-6-10(21-2)14(23-4)13(9)22-3/h5-6H,7-8H2,1-4H3,(H,16,18)(H,17,19). The number of benzene rings is 1. The molecule has 0 aliphatic carbocycles. The van der Waals surface area contributed by atoms with Crippen LogP contribution in [-0.4, -0.2) is 59.3 Å². The lowest BCUT2D eigenvalue weighted by Gasteiger charge is -2.15. The number of hydrogen-bond acceptors (Lipinski definition) is 7. The average Bonchev–Trinajstić information content (AvgIpc) is 2.62. The zero-order valence-electron chi connectivity index (χ0n) is 13.9. The molecule has 0 fully saturated rings. The van der Waals surface area contributed by atoms with E-state index < -0.39 is 18.5 Å². The second kappa shape index (κ2) is 9.23. The average molecular weight is 340 g/mol. The summed E-state index contributed by atoms with van der Waals surface area (Å²) in [6, 6.07) is 2.95. The van der Waals surface area contributed by atoms with E-state index >= 15 is 0 Å². The Labute approximate surface area is 139 Å². The van der Waals surface area contributed by atoms with Crippen molar-refractivity contribution in [1.29, 1.82) is 0 Å². The van der Waals surface area contributed by atoms with E-state index in [-0.39, 0.29) is 29.5 Å². The molecule has 1 rings (SSSR count). The molecule has 1 aromatic rings. The molecule has 0 saturated heterocycles. The van der Waals surface area contributed by atoms with Gasteiger partial charge in [0.15, 0.2) is 18.1 Å². The lowest BCUT2D eigenvalue weighted by atomic mass is 10.1. The third-order valence-electron chi connectivity index (χ3n) is 2.98. The first kappa shape index (κ1) is 19.1. The molecule has 0 aliphatic rings. The quantitative estimate of drug-likeness (QED) is 0.627. The van der Waals surface area contributed by atoms with E-state index in [9.17, 15) is 14.4 Å². The van der Waals surface area contributed by atoms with Crippen LogP contribution in [0.2, 0.25) is 0 Å². The Bertz CT molecular complexity index is 616. The Balaban J connectivity index is 2.78. The number of esters is 1. The van der Waals surface area contributed by atoms with Crippen molar-refractivity contribution in [1.82, 2.24) is 10.6 Å². The Morgan fingerprint density at radius 3 is 2.17 bits per heavy atom. The fourth-order valence-corrected chi connectivity index (χ4v) is 1.79. The van der Waals surface area contributed by atoms with Crippen LogP contribution in [-0.2, 0) is 14.3 Å². The van der Waals surface area contributed by atoms with Crippen molar-refractivity contribution in [3.8, 4) is 17.2 Å². The van der Waals surface area contributed by atoms with Gasteiger partial charge in [-0.15, -0.1) is 0 Å². The molecule has 1 aromatic carbocycles. The van der Waals surface area contributed by atoms with Gasteiger partial charge in [0.1, 0.15) is 5.56 Å². The highest BCUT2D eigenvalue weighted by atomic mass is 16.5. The predicted octanol–water partition coefficient (Wildman–Crippen LogP) is -0.269. The molecule has 0 aliphatic heterocycles. The van der Waals surface area contributed by atoms with Gasteiger partial charge in [0.25, 0.3) is 5.91 Å².